The van der Waals surface area contributed by atoms with Gasteiger partial charge in [-0.15, -0.1) is 0 Å². The lowest BCUT2D eigenvalue weighted by atomic mass is 10.1. The molecule has 2 saturated carbocycles. The van der Waals surface area contributed by atoms with Crippen molar-refractivity contribution in [3.05, 3.63) is 47.8 Å². The van der Waals surface area contributed by atoms with Crippen molar-refractivity contribution >= 4 is 10.9 Å². The first-order chi connectivity index (χ1) is 11.3. The fraction of sp³-hybridized carbons (Fsp3) is 0.316. The molecular formula is C19H16N4. The van der Waals surface area contributed by atoms with Crippen LogP contribution >= 0.6 is 0 Å². The first kappa shape index (κ1) is 12.8. The summed E-state index contributed by atoms with van der Waals surface area (Å²) in [6.07, 6.45) is 6.75. The highest BCUT2D eigenvalue weighted by atomic mass is 15.1. The van der Waals surface area contributed by atoms with Crippen LogP contribution < -0.4 is 0 Å². The Hall–Kier alpha value is -2.67. The molecule has 23 heavy (non-hydrogen) atoms. The van der Waals surface area contributed by atoms with Gasteiger partial charge in [-0.05, 0) is 49.9 Å². The van der Waals surface area contributed by atoms with Gasteiger partial charge in [-0.2, -0.15) is 15.5 Å². The van der Waals surface area contributed by atoms with Gasteiger partial charge >= 0.3 is 0 Å². The Balaban J connectivity index is 1.73. The third-order valence-electron chi connectivity index (χ3n) is 4.85. The van der Waals surface area contributed by atoms with Crippen LogP contribution in [0.5, 0.6) is 0 Å². The zero-order chi connectivity index (χ0) is 15.4. The Bertz CT molecular complexity index is 955. The van der Waals surface area contributed by atoms with E-state index in [1.165, 1.54) is 36.8 Å². The molecule has 2 heterocycles. The summed E-state index contributed by atoms with van der Waals surface area (Å²) in [6.45, 7) is 0. The SMILES string of the molecule is N#Cc1ccc2cc(-c3cnnc(C4CC4)c3)n(C3CC3)c2c1. The molecule has 2 aromatic heterocycles. The number of nitrogens with zero attached hydrogens (tertiary/aromatic N) is 4. The number of aromatic nitrogens is 3. The molecule has 0 atom stereocenters. The minimum atomic E-state index is 0.550. The van der Waals surface area contributed by atoms with Crippen molar-refractivity contribution in [1.82, 2.24) is 14.8 Å². The molecule has 2 aliphatic carbocycles. The maximum Gasteiger partial charge on any atom is 0.0992 e. The van der Waals surface area contributed by atoms with Gasteiger partial charge in [0.2, 0.25) is 0 Å². The summed E-state index contributed by atoms with van der Waals surface area (Å²) in [7, 11) is 0. The van der Waals surface area contributed by atoms with E-state index in [0.29, 0.717) is 12.0 Å². The highest BCUT2D eigenvalue weighted by Crippen LogP contribution is 2.44. The Kier molecular flexibility index (Phi) is 2.60. The summed E-state index contributed by atoms with van der Waals surface area (Å²) in [6, 6.07) is 13.2. The third-order valence-corrected chi connectivity index (χ3v) is 4.85. The molecular weight excluding hydrogens is 284 g/mol. The van der Waals surface area contributed by atoms with Gasteiger partial charge in [0.25, 0.3) is 0 Å². The summed E-state index contributed by atoms with van der Waals surface area (Å²) in [5, 5.41) is 18.9. The van der Waals surface area contributed by atoms with Crippen molar-refractivity contribution in [2.75, 3.05) is 0 Å². The Morgan fingerprint density at radius 1 is 1.09 bits per heavy atom. The number of hydrogen-bond acceptors (Lipinski definition) is 3. The first-order valence-electron chi connectivity index (χ1n) is 8.21. The lowest BCUT2D eigenvalue weighted by Gasteiger charge is -2.10. The molecule has 0 saturated heterocycles. The topological polar surface area (TPSA) is 54.5 Å². The fourth-order valence-electron chi connectivity index (χ4n) is 3.34. The molecule has 5 rings (SSSR count). The number of rotatable bonds is 3. The van der Waals surface area contributed by atoms with Gasteiger partial charge < -0.3 is 4.57 Å². The van der Waals surface area contributed by atoms with E-state index in [9.17, 15) is 5.26 Å². The van der Waals surface area contributed by atoms with E-state index in [1.807, 2.05) is 24.4 Å². The normalized spacial score (nSPS) is 17.3. The monoisotopic (exact) mass is 300 g/mol. The van der Waals surface area contributed by atoms with Crippen LogP contribution in [0.3, 0.4) is 0 Å². The molecule has 1 aromatic carbocycles. The lowest BCUT2D eigenvalue weighted by Crippen LogP contribution is -1.99. The van der Waals surface area contributed by atoms with Gasteiger partial charge in [-0.25, -0.2) is 0 Å². The molecule has 0 N–H and O–H groups in total. The molecule has 2 aliphatic rings. The van der Waals surface area contributed by atoms with E-state index >= 15 is 0 Å². The van der Waals surface area contributed by atoms with Gasteiger partial charge in [0, 0.05) is 22.9 Å². The first-order valence-corrected chi connectivity index (χ1v) is 8.21. The summed E-state index contributed by atoms with van der Waals surface area (Å²) < 4.78 is 2.39. The van der Waals surface area contributed by atoms with Crippen LogP contribution in [0.15, 0.2) is 36.5 Å². The van der Waals surface area contributed by atoms with Crippen molar-refractivity contribution < 1.29 is 0 Å². The average molecular weight is 300 g/mol. The Labute approximate surface area is 134 Å². The zero-order valence-corrected chi connectivity index (χ0v) is 12.7. The molecule has 0 radical (unpaired) electrons. The standard InChI is InChI=1S/C19H16N4/c20-10-12-1-2-14-9-19(23(16-5-6-16)18(14)7-12)15-8-17(13-3-4-13)22-21-11-15/h1-2,7-9,11,13,16H,3-6H2. The second-order valence-corrected chi connectivity index (χ2v) is 6.66. The molecule has 4 heteroatoms. The quantitative estimate of drug-likeness (QED) is 0.729. The predicted octanol–water partition coefficient (Wildman–Crippen LogP) is 4.18. The van der Waals surface area contributed by atoms with Crippen LogP contribution in [0.1, 0.15) is 48.9 Å². The van der Waals surface area contributed by atoms with E-state index in [-0.39, 0.29) is 0 Å². The maximum atomic E-state index is 9.19. The minimum absolute atomic E-state index is 0.550. The third kappa shape index (κ3) is 2.12. The van der Waals surface area contributed by atoms with Crippen molar-refractivity contribution in [1.29, 1.82) is 5.26 Å². The van der Waals surface area contributed by atoms with E-state index in [2.05, 4.69) is 33.0 Å². The summed E-state index contributed by atoms with van der Waals surface area (Å²) in [5.41, 5.74) is 5.34. The molecule has 0 amide bonds. The van der Waals surface area contributed by atoms with Gasteiger partial charge in [-0.3, -0.25) is 0 Å². The van der Waals surface area contributed by atoms with Crippen LogP contribution in [0.2, 0.25) is 0 Å². The molecule has 3 aromatic rings. The van der Waals surface area contributed by atoms with Crippen LogP contribution in [0.25, 0.3) is 22.2 Å². The van der Waals surface area contributed by atoms with E-state index in [1.54, 1.807) is 0 Å². The maximum absolute atomic E-state index is 9.19. The number of fused-ring (bicyclic) bond motifs is 1. The minimum Gasteiger partial charge on any atom is -0.337 e. The predicted molar refractivity (Wildman–Crippen MR) is 87.9 cm³/mol. The number of nitriles is 1. The van der Waals surface area contributed by atoms with E-state index in [0.717, 1.165) is 22.3 Å². The van der Waals surface area contributed by atoms with Crippen molar-refractivity contribution in [2.24, 2.45) is 0 Å². The highest BCUT2D eigenvalue weighted by Gasteiger charge is 2.29. The van der Waals surface area contributed by atoms with Crippen molar-refractivity contribution in [3.63, 3.8) is 0 Å². The highest BCUT2D eigenvalue weighted by molar-refractivity contribution is 5.88. The Morgan fingerprint density at radius 3 is 2.70 bits per heavy atom. The summed E-state index contributed by atoms with van der Waals surface area (Å²) in [4.78, 5) is 0. The summed E-state index contributed by atoms with van der Waals surface area (Å²) >= 11 is 0. The molecule has 0 spiro atoms. The van der Waals surface area contributed by atoms with Crippen LogP contribution in [0, 0.1) is 11.3 Å². The molecule has 4 nitrogen and oxygen atoms in total. The number of benzene rings is 1. The molecule has 112 valence electrons. The van der Waals surface area contributed by atoms with Gasteiger partial charge in [0.1, 0.15) is 0 Å². The molecule has 0 bridgehead atoms. The van der Waals surface area contributed by atoms with Gasteiger partial charge in [0.15, 0.2) is 0 Å². The molecule has 2 fully saturated rings. The second kappa shape index (κ2) is 4.66. The lowest BCUT2D eigenvalue weighted by molar-refractivity contribution is 0.781. The zero-order valence-electron chi connectivity index (χ0n) is 12.7. The molecule has 0 aliphatic heterocycles. The van der Waals surface area contributed by atoms with Crippen molar-refractivity contribution in [3.8, 4) is 17.3 Å². The summed E-state index contributed by atoms with van der Waals surface area (Å²) in [5.74, 6) is 0.603. The smallest absolute Gasteiger partial charge is 0.0992 e. The Morgan fingerprint density at radius 2 is 1.96 bits per heavy atom. The average Bonchev–Trinajstić information content (AvgIpc) is 3.50. The largest absolute Gasteiger partial charge is 0.337 e. The second-order valence-electron chi connectivity index (χ2n) is 6.66. The fourth-order valence-corrected chi connectivity index (χ4v) is 3.34. The number of hydrogen-bond donors (Lipinski definition) is 0. The van der Waals surface area contributed by atoms with E-state index in [4.69, 9.17) is 0 Å². The molecule has 0 unspecified atom stereocenters. The van der Waals surface area contributed by atoms with E-state index < -0.39 is 0 Å². The van der Waals surface area contributed by atoms with Crippen LogP contribution in [0.4, 0.5) is 0 Å². The van der Waals surface area contributed by atoms with Gasteiger partial charge in [0.05, 0.1) is 34.7 Å². The van der Waals surface area contributed by atoms with Crippen LogP contribution in [-0.4, -0.2) is 14.8 Å². The van der Waals surface area contributed by atoms with Crippen molar-refractivity contribution in [2.45, 2.75) is 37.6 Å². The van der Waals surface area contributed by atoms with Crippen LogP contribution in [-0.2, 0) is 0 Å². The van der Waals surface area contributed by atoms with Gasteiger partial charge in [-0.1, -0.05) is 6.07 Å².